The average Bonchev–Trinajstić information content (AvgIpc) is 3.66. The van der Waals surface area contributed by atoms with Gasteiger partial charge in [0, 0.05) is 22.8 Å². The molecule has 2 heterocycles. The Labute approximate surface area is 265 Å². The lowest BCUT2D eigenvalue weighted by molar-refractivity contribution is -0.124. The number of carbonyl (C=O) groups excluding carboxylic acids is 1. The summed E-state index contributed by atoms with van der Waals surface area (Å²) >= 11 is 2.88. The molecule has 236 valence electrons. The number of rotatable bonds is 13. The highest BCUT2D eigenvalue weighted by Crippen LogP contribution is 2.30. The molecular formula is C30H38N6O5S3. The number of aliphatic imine (C=N–C) groups is 1. The number of aliphatic hydroxyl groups is 1. The van der Waals surface area contributed by atoms with Crippen molar-refractivity contribution in [2.45, 2.75) is 63.1 Å². The number of ether oxygens (including phenoxy) is 1. The van der Waals surface area contributed by atoms with Gasteiger partial charge in [0.05, 0.1) is 24.1 Å². The summed E-state index contributed by atoms with van der Waals surface area (Å²) in [6, 6.07) is 8.10. The predicted octanol–water partition coefficient (Wildman–Crippen LogP) is 3.45. The third-order valence-electron chi connectivity index (χ3n) is 7.41. The zero-order chi connectivity index (χ0) is 32.0. The van der Waals surface area contributed by atoms with E-state index < -0.39 is 34.1 Å². The van der Waals surface area contributed by atoms with Gasteiger partial charge >= 0.3 is 0 Å². The molecule has 44 heavy (non-hydrogen) atoms. The first-order valence-corrected chi connectivity index (χ1v) is 17.2. The van der Waals surface area contributed by atoms with Crippen LogP contribution in [-0.2, 0) is 21.2 Å². The third kappa shape index (κ3) is 7.74. The molecule has 2 aromatic carbocycles. The van der Waals surface area contributed by atoms with Gasteiger partial charge in [-0.3, -0.25) is 9.79 Å². The Morgan fingerprint density at radius 3 is 2.64 bits per heavy atom. The van der Waals surface area contributed by atoms with E-state index in [2.05, 4.69) is 20.0 Å². The van der Waals surface area contributed by atoms with Crippen molar-refractivity contribution in [1.82, 2.24) is 15.0 Å². The fourth-order valence-corrected chi connectivity index (χ4v) is 8.19. The van der Waals surface area contributed by atoms with E-state index in [1.807, 2.05) is 29.6 Å². The Hall–Kier alpha value is -3.56. The van der Waals surface area contributed by atoms with Crippen molar-refractivity contribution in [3.63, 3.8) is 0 Å². The zero-order valence-electron chi connectivity index (χ0n) is 25.0. The lowest BCUT2D eigenvalue weighted by Crippen LogP contribution is -2.48. The van der Waals surface area contributed by atoms with Crippen LogP contribution in [0.1, 0.15) is 46.2 Å². The van der Waals surface area contributed by atoms with Crippen molar-refractivity contribution >= 4 is 54.6 Å². The molecule has 4 aromatic rings. The summed E-state index contributed by atoms with van der Waals surface area (Å²) in [5, 5.41) is 19.2. The van der Waals surface area contributed by atoms with Crippen LogP contribution in [0.15, 0.2) is 57.2 Å². The number of nitrogens with one attached hydrogen (secondary N) is 2. The van der Waals surface area contributed by atoms with Crippen molar-refractivity contribution in [2.75, 3.05) is 13.7 Å². The zero-order valence-corrected chi connectivity index (χ0v) is 27.5. The van der Waals surface area contributed by atoms with Crippen LogP contribution in [0.2, 0.25) is 0 Å². The number of guanidine groups is 1. The van der Waals surface area contributed by atoms with Crippen LogP contribution in [0.3, 0.4) is 0 Å². The highest BCUT2D eigenvalue weighted by Gasteiger charge is 2.27. The van der Waals surface area contributed by atoms with E-state index in [0.717, 1.165) is 15.6 Å². The molecular weight excluding hydrogens is 621 g/mol. The summed E-state index contributed by atoms with van der Waals surface area (Å²) in [4.78, 5) is 21.7. The summed E-state index contributed by atoms with van der Waals surface area (Å²) in [5.41, 5.74) is 15.0. The van der Waals surface area contributed by atoms with Gasteiger partial charge in [0.15, 0.2) is 0 Å². The second-order valence-corrected chi connectivity index (χ2v) is 13.9. The van der Waals surface area contributed by atoms with Crippen molar-refractivity contribution < 1.29 is 23.1 Å². The van der Waals surface area contributed by atoms with Crippen LogP contribution < -0.4 is 26.2 Å². The quantitative estimate of drug-likeness (QED) is 0.0822. The second-order valence-electron chi connectivity index (χ2n) is 10.5. The number of thiophene rings is 1. The molecule has 0 bridgehead atoms. The number of amides is 1. The molecule has 7 N–H and O–H groups in total. The van der Waals surface area contributed by atoms with Crippen LogP contribution in [0.5, 0.6) is 5.75 Å². The highest BCUT2D eigenvalue weighted by atomic mass is 32.2. The fraction of sp³-hybridized carbons (Fsp3) is 0.367. The Morgan fingerprint density at radius 2 is 1.93 bits per heavy atom. The van der Waals surface area contributed by atoms with Gasteiger partial charge in [-0.15, -0.1) is 22.7 Å². The molecule has 3 atom stereocenters. The van der Waals surface area contributed by atoms with Gasteiger partial charge in [0.25, 0.3) is 10.0 Å². The maximum absolute atomic E-state index is 13.2. The lowest BCUT2D eigenvalue weighted by Gasteiger charge is -2.24. The van der Waals surface area contributed by atoms with E-state index in [1.54, 1.807) is 49.8 Å². The number of fused-ring (bicyclic) bond motifs is 1. The van der Waals surface area contributed by atoms with E-state index in [9.17, 15) is 18.3 Å². The Kier molecular flexibility index (Phi) is 11.0. The van der Waals surface area contributed by atoms with E-state index in [4.69, 9.17) is 16.2 Å². The number of nitrogens with two attached hydrogens (primary N) is 2. The molecule has 11 nitrogen and oxygen atoms in total. The van der Waals surface area contributed by atoms with Crippen molar-refractivity contribution in [3.8, 4) is 5.75 Å². The molecule has 1 unspecified atom stereocenters. The summed E-state index contributed by atoms with van der Waals surface area (Å²) in [6.07, 6.45) is 1.58. The monoisotopic (exact) mass is 658 g/mol. The minimum Gasteiger partial charge on any atom is -0.496 e. The molecule has 2 aromatic heterocycles. The number of aryl methyl sites for hydroxylation is 1. The van der Waals surface area contributed by atoms with E-state index in [1.165, 1.54) is 18.4 Å². The molecule has 0 fully saturated rings. The topological polar surface area (TPSA) is 182 Å². The largest absolute Gasteiger partial charge is 0.496 e. The third-order valence-corrected chi connectivity index (χ3v) is 10.9. The smallest absolute Gasteiger partial charge is 0.264 e. The first kappa shape index (κ1) is 33.3. The van der Waals surface area contributed by atoms with Gasteiger partial charge in [0.1, 0.15) is 16.9 Å². The molecule has 14 heteroatoms. The van der Waals surface area contributed by atoms with Crippen LogP contribution in [0.4, 0.5) is 0 Å². The minimum atomic E-state index is -4.00. The SMILES string of the molecule is COc1cc(C)c(S(=O)(=O)NC(N)=NCCC[C@H](NC(=O)[C@@H](N)Cc2csc3ccccc23)C(O)c2nccs2)c(C)c1C. The standard InChI is InChI=1S/C30H38N6O5S3/c1-17-14-24(41-4)18(2)19(3)27(17)44(39,40)36-30(32)34-11-7-9-23(26(37)29-33-12-13-42-29)35-28(38)22(31)15-20-16-43-25-10-6-5-8-21(20)25/h5-6,8,10,12-14,16,22-23,26,37H,7,9,11,15,31H2,1-4H3,(H,35,38)(H3,32,34,36)/t22-,23-,26?/m0/s1. The number of carbonyl (C=O) groups is 1. The normalized spacial score (nSPS) is 14.3. The van der Waals surface area contributed by atoms with Gasteiger partial charge in [-0.25, -0.2) is 18.1 Å². The molecule has 0 spiro atoms. The van der Waals surface area contributed by atoms with E-state index in [-0.39, 0.29) is 17.4 Å². The van der Waals surface area contributed by atoms with E-state index >= 15 is 0 Å². The van der Waals surface area contributed by atoms with Crippen molar-refractivity contribution in [1.29, 1.82) is 0 Å². The Balaban J connectivity index is 1.39. The fourth-order valence-electron chi connectivity index (χ4n) is 5.05. The number of nitrogens with zero attached hydrogens (tertiary/aromatic N) is 2. The number of benzene rings is 2. The summed E-state index contributed by atoms with van der Waals surface area (Å²) in [5.74, 6) is -0.0522. The van der Waals surface area contributed by atoms with E-state index in [0.29, 0.717) is 46.7 Å². The molecule has 0 aliphatic carbocycles. The number of aromatic nitrogens is 1. The molecule has 0 aliphatic heterocycles. The van der Waals surface area contributed by atoms with Gasteiger partial charge in [-0.1, -0.05) is 18.2 Å². The van der Waals surface area contributed by atoms with Gasteiger partial charge in [-0.05, 0) is 85.2 Å². The number of methoxy groups -OCH3 is 1. The summed E-state index contributed by atoms with van der Waals surface area (Å²) in [6.45, 7) is 5.34. The first-order chi connectivity index (χ1) is 20.9. The summed E-state index contributed by atoms with van der Waals surface area (Å²) in [7, 11) is -2.47. The molecule has 0 radical (unpaired) electrons. The predicted molar refractivity (Wildman–Crippen MR) is 176 cm³/mol. The Morgan fingerprint density at radius 1 is 1.18 bits per heavy atom. The Bertz CT molecular complexity index is 1740. The molecule has 0 saturated carbocycles. The van der Waals surface area contributed by atoms with Crippen LogP contribution >= 0.6 is 22.7 Å². The molecule has 1 amide bonds. The highest BCUT2D eigenvalue weighted by molar-refractivity contribution is 7.90. The number of aliphatic hydroxyl groups excluding tert-OH is 1. The van der Waals surface area contributed by atoms with Gasteiger partial charge in [-0.2, -0.15) is 0 Å². The minimum absolute atomic E-state index is 0.120. The summed E-state index contributed by atoms with van der Waals surface area (Å²) < 4.78 is 35.1. The van der Waals surface area contributed by atoms with Crippen LogP contribution in [0, 0.1) is 20.8 Å². The number of sulfonamides is 1. The van der Waals surface area contributed by atoms with Crippen LogP contribution in [0.25, 0.3) is 10.1 Å². The maximum atomic E-state index is 13.2. The lowest BCUT2D eigenvalue weighted by atomic mass is 10.0. The number of hydrogen-bond donors (Lipinski definition) is 5. The van der Waals surface area contributed by atoms with Crippen LogP contribution in [-0.4, -0.2) is 56.1 Å². The maximum Gasteiger partial charge on any atom is 0.264 e. The first-order valence-electron chi connectivity index (χ1n) is 14.0. The average molecular weight is 659 g/mol. The number of hydrogen-bond acceptors (Lipinski definition) is 10. The molecule has 4 rings (SSSR count). The second kappa shape index (κ2) is 14.5. The molecule has 0 saturated heterocycles. The van der Waals surface area contributed by atoms with Crippen molar-refractivity contribution in [2.24, 2.45) is 16.5 Å². The van der Waals surface area contributed by atoms with Gasteiger partial charge in [0.2, 0.25) is 11.9 Å². The number of thiazole rings is 1. The molecule has 0 aliphatic rings. The van der Waals surface area contributed by atoms with Crippen molar-refractivity contribution in [3.05, 3.63) is 74.6 Å². The van der Waals surface area contributed by atoms with Gasteiger partial charge < -0.3 is 26.6 Å².